The number of hydrogen-bond acceptors (Lipinski definition) is 2. The number of carbonyl (C=O) groups is 1. The van der Waals surface area contributed by atoms with E-state index in [1.54, 1.807) is 12.1 Å². The van der Waals surface area contributed by atoms with Crippen molar-refractivity contribution in [3.8, 4) is 28.3 Å². The molecular weight excluding hydrogens is 332 g/mol. The Labute approximate surface area is 150 Å². The van der Waals surface area contributed by atoms with Crippen molar-refractivity contribution in [2.75, 3.05) is 5.32 Å². The third-order valence-corrected chi connectivity index (χ3v) is 4.67. The van der Waals surface area contributed by atoms with E-state index in [1.165, 1.54) is 0 Å². The molecule has 1 aliphatic heterocycles. The number of nitrogens with one attached hydrogen (secondary N) is 1. The van der Waals surface area contributed by atoms with Gasteiger partial charge in [-0.15, -0.1) is 0 Å². The molecule has 4 heteroatoms. The summed E-state index contributed by atoms with van der Waals surface area (Å²) in [7, 11) is 0. The van der Waals surface area contributed by atoms with Gasteiger partial charge in [0.05, 0.1) is 18.1 Å². The molecule has 0 aromatic heterocycles. The summed E-state index contributed by atoms with van der Waals surface area (Å²) >= 11 is 6.52. The molecular formula is C21H13ClN2O. The second kappa shape index (κ2) is 6.08. The molecule has 1 N–H and O–H groups in total. The highest BCUT2D eigenvalue weighted by Crippen LogP contribution is 2.39. The molecule has 0 bridgehead atoms. The van der Waals surface area contributed by atoms with E-state index in [0.717, 1.165) is 33.5 Å². The van der Waals surface area contributed by atoms with Crippen LogP contribution >= 0.6 is 11.6 Å². The minimum atomic E-state index is 0.0126. The Kier molecular flexibility index (Phi) is 3.76. The van der Waals surface area contributed by atoms with Crippen molar-refractivity contribution in [1.29, 1.82) is 5.26 Å². The topological polar surface area (TPSA) is 52.9 Å². The first-order chi connectivity index (χ1) is 12.2. The zero-order chi connectivity index (χ0) is 17.4. The molecule has 4 rings (SSSR count). The molecule has 0 unspecified atom stereocenters. The lowest BCUT2D eigenvalue weighted by atomic mass is 9.93. The van der Waals surface area contributed by atoms with Crippen molar-refractivity contribution in [3.05, 3.63) is 76.8 Å². The molecule has 3 nitrogen and oxygen atoms in total. The molecule has 0 atom stereocenters. The van der Waals surface area contributed by atoms with Gasteiger partial charge in [-0.25, -0.2) is 0 Å². The van der Waals surface area contributed by atoms with Crippen molar-refractivity contribution in [2.24, 2.45) is 0 Å². The fourth-order valence-electron chi connectivity index (χ4n) is 3.17. The molecule has 120 valence electrons. The summed E-state index contributed by atoms with van der Waals surface area (Å²) in [5.74, 6) is 0.0126. The maximum absolute atomic E-state index is 11.6. The Morgan fingerprint density at radius 3 is 2.52 bits per heavy atom. The molecule has 3 aromatic rings. The Hall–Kier alpha value is -3.09. The zero-order valence-electron chi connectivity index (χ0n) is 13.2. The molecule has 0 saturated heterocycles. The zero-order valence-corrected chi connectivity index (χ0v) is 14.0. The number of amides is 1. The third-order valence-electron chi connectivity index (χ3n) is 4.36. The smallest absolute Gasteiger partial charge is 0.228 e. The first-order valence-electron chi connectivity index (χ1n) is 7.88. The molecule has 0 radical (unpaired) electrons. The summed E-state index contributed by atoms with van der Waals surface area (Å²) in [6.07, 6.45) is 0.389. The normalized spacial score (nSPS) is 12.4. The van der Waals surface area contributed by atoms with E-state index < -0.39 is 0 Å². The summed E-state index contributed by atoms with van der Waals surface area (Å²) in [5.41, 5.74) is 6.35. The minimum absolute atomic E-state index is 0.0126. The first kappa shape index (κ1) is 15.4. The van der Waals surface area contributed by atoms with Crippen LogP contribution < -0.4 is 5.32 Å². The van der Waals surface area contributed by atoms with Gasteiger partial charge in [0.2, 0.25) is 5.91 Å². The Morgan fingerprint density at radius 2 is 1.76 bits per heavy atom. The molecule has 25 heavy (non-hydrogen) atoms. The summed E-state index contributed by atoms with van der Waals surface area (Å²) in [6.45, 7) is 0. The van der Waals surface area contributed by atoms with E-state index in [9.17, 15) is 4.79 Å². The molecule has 3 aromatic carbocycles. The first-order valence-corrected chi connectivity index (χ1v) is 8.26. The van der Waals surface area contributed by atoms with Crippen molar-refractivity contribution in [1.82, 2.24) is 0 Å². The van der Waals surface area contributed by atoms with Crippen LogP contribution in [0.4, 0.5) is 5.69 Å². The van der Waals surface area contributed by atoms with Crippen LogP contribution in [0.15, 0.2) is 60.7 Å². The molecule has 1 aliphatic rings. The maximum Gasteiger partial charge on any atom is 0.228 e. The summed E-state index contributed by atoms with van der Waals surface area (Å²) in [6, 6.07) is 21.3. The van der Waals surface area contributed by atoms with Crippen molar-refractivity contribution in [2.45, 2.75) is 6.42 Å². The lowest BCUT2D eigenvalue weighted by Crippen LogP contribution is -2.03. The SMILES string of the molecule is N#Cc1ccc(-c2cccc(Cl)c2-c2ccc3c(c2)CC(=O)N3)cc1. The molecule has 0 aliphatic carbocycles. The van der Waals surface area contributed by atoms with E-state index in [-0.39, 0.29) is 5.91 Å². The fraction of sp³-hybridized carbons (Fsp3) is 0.0476. The average molecular weight is 345 g/mol. The minimum Gasteiger partial charge on any atom is -0.326 e. The Morgan fingerprint density at radius 1 is 1.00 bits per heavy atom. The van der Waals surface area contributed by atoms with E-state index in [4.69, 9.17) is 16.9 Å². The van der Waals surface area contributed by atoms with Crippen LogP contribution in [0, 0.1) is 11.3 Å². The number of rotatable bonds is 2. The van der Waals surface area contributed by atoms with Crippen LogP contribution in [0.5, 0.6) is 0 Å². The second-order valence-electron chi connectivity index (χ2n) is 5.95. The van der Waals surface area contributed by atoms with Crippen LogP contribution in [0.2, 0.25) is 5.02 Å². The number of halogens is 1. The fourth-order valence-corrected chi connectivity index (χ4v) is 3.45. The Balaban J connectivity index is 1.87. The van der Waals surface area contributed by atoms with Crippen molar-refractivity contribution in [3.63, 3.8) is 0 Å². The van der Waals surface area contributed by atoms with E-state index in [2.05, 4.69) is 11.4 Å². The maximum atomic E-state index is 11.6. The third kappa shape index (κ3) is 2.77. The van der Waals surface area contributed by atoms with Crippen molar-refractivity contribution < 1.29 is 4.79 Å². The predicted octanol–water partition coefficient (Wildman–Crippen LogP) is 5.04. The van der Waals surface area contributed by atoms with Gasteiger partial charge in [-0.05, 0) is 52.6 Å². The predicted molar refractivity (Wildman–Crippen MR) is 99.4 cm³/mol. The lowest BCUT2D eigenvalue weighted by molar-refractivity contribution is -0.115. The van der Waals surface area contributed by atoms with Gasteiger partial charge >= 0.3 is 0 Å². The van der Waals surface area contributed by atoms with Gasteiger partial charge in [0, 0.05) is 16.3 Å². The number of anilines is 1. The van der Waals surface area contributed by atoms with E-state index in [0.29, 0.717) is 17.0 Å². The van der Waals surface area contributed by atoms with Crippen molar-refractivity contribution >= 4 is 23.2 Å². The second-order valence-corrected chi connectivity index (χ2v) is 6.36. The van der Waals surface area contributed by atoms with E-state index in [1.807, 2.05) is 48.5 Å². The largest absolute Gasteiger partial charge is 0.326 e. The lowest BCUT2D eigenvalue weighted by Gasteiger charge is -2.13. The number of nitriles is 1. The average Bonchev–Trinajstić information content (AvgIpc) is 3.00. The Bertz CT molecular complexity index is 1030. The summed E-state index contributed by atoms with van der Waals surface area (Å²) in [5, 5.41) is 12.5. The van der Waals surface area contributed by atoms with Crippen LogP contribution in [-0.2, 0) is 11.2 Å². The molecule has 1 heterocycles. The highest BCUT2D eigenvalue weighted by atomic mass is 35.5. The van der Waals surface area contributed by atoms with Gasteiger partial charge in [0.1, 0.15) is 0 Å². The van der Waals surface area contributed by atoms with Crippen LogP contribution in [0.25, 0.3) is 22.3 Å². The summed E-state index contributed by atoms with van der Waals surface area (Å²) < 4.78 is 0. The molecule has 0 saturated carbocycles. The quantitative estimate of drug-likeness (QED) is 0.708. The van der Waals surface area contributed by atoms with E-state index >= 15 is 0 Å². The molecule has 0 spiro atoms. The van der Waals surface area contributed by atoms with Gasteiger partial charge in [0.25, 0.3) is 0 Å². The standard InChI is InChI=1S/C21H13ClN2O/c22-18-3-1-2-17(14-6-4-13(12-23)5-7-14)21(18)15-8-9-19-16(10-15)11-20(25)24-19/h1-10H,11H2,(H,24,25). The van der Waals surface area contributed by atoms with Crippen LogP contribution in [0.1, 0.15) is 11.1 Å². The number of nitrogens with zero attached hydrogens (tertiary/aromatic N) is 1. The van der Waals surface area contributed by atoms with Crippen LogP contribution in [-0.4, -0.2) is 5.91 Å². The van der Waals surface area contributed by atoms with Gasteiger partial charge < -0.3 is 5.32 Å². The van der Waals surface area contributed by atoms with Gasteiger partial charge in [-0.2, -0.15) is 5.26 Å². The molecule has 0 fully saturated rings. The van der Waals surface area contributed by atoms with Gasteiger partial charge in [-0.1, -0.05) is 41.9 Å². The number of benzene rings is 3. The number of fused-ring (bicyclic) bond motifs is 1. The summed E-state index contributed by atoms with van der Waals surface area (Å²) in [4.78, 5) is 11.6. The van der Waals surface area contributed by atoms with Gasteiger partial charge in [-0.3, -0.25) is 4.79 Å². The number of hydrogen-bond donors (Lipinski definition) is 1. The van der Waals surface area contributed by atoms with Crippen LogP contribution in [0.3, 0.4) is 0 Å². The molecule has 1 amide bonds. The highest BCUT2D eigenvalue weighted by Gasteiger charge is 2.19. The monoisotopic (exact) mass is 344 g/mol. The number of carbonyl (C=O) groups excluding carboxylic acids is 1. The highest BCUT2D eigenvalue weighted by molar-refractivity contribution is 6.34. The van der Waals surface area contributed by atoms with Gasteiger partial charge in [0.15, 0.2) is 0 Å².